The number of amides is 2. The minimum atomic E-state index is -0.260. The highest BCUT2D eigenvalue weighted by atomic mass is 16.5. The van der Waals surface area contributed by atoms with E-state index in [1.807, 2.05) is 47.4 Å². The van der Waals surface area contributed by atoms with Crippen LogP contribution in [0.5, 0.6) is 0 Å². The van der Waals surface area contributed by atoms with Gasteiger partial charge in [0.1, 0.15) is 6.10 Å². The Morgan fingerprint density at radius 3 is 2.28 bits per heavy atom. The SMILES string of the molecule is O=C(CN1CCN(C(=O)[C@H]2CCCO2)CC1)Nc1ccc(-c2ccccc2)cc1. The van der Waals surface area contributed by atoms with Crippen LogP contribution in [0.2, 0.25) is 0 Å². The average molecular weight is 393 g/mol. The van der Waals surface area contributed by atoms with Gasteiger partial charge in [-0.25, -0.2) is 0 Å². The van der Waals surface area contributed by atoms with Crippen molar-refractivity contribution in [3.8, 4) is 11.1 Å². The van der Waals surface area contributed by atoms with Gasteiger partial charge >= 0.3 is 0 Å². The van der Waals surface area contributed by atoms with E-state index in [2.05, 4.69) is 22.3 Å². The van der Waals surface area contributed by atoms with Gasteiger partial charge in [-0.15, -0.1) is 0 Å². The van der Waals surface area contributed by atoms with E-state index in [0.717, 1.165) is 29.7 Å². The molecule has 0 unspecified atom stereocenters. The predicted octanol–water partition coefficient (Wildman–Crippen LogP) is 2.62. The molecule has 0 spiro atoms. The van der Waals surface area contributed by atoms with Crippen molar-refractivity contribution < 1.29 is 14.3 Å². The first-order chi connectivity index (χ1) is 14.2. The second-order valence-corrected chi connectivity index (χ2v) is 7.59. The number of carbonyl (C=O) groups excluding carboxylic acids is 2. The van der Waals surface area contributed by atoms with Gasteiger partial charge in [-0.1, -0.05) is 42.5 Å². The van der Waals surface area contributed by atoms with Crippen LogP contribution in [0.4, 0.5) is 5.69 Å². The van der Waals surface area contributed by atoms with E-state index >= 15 is 0 Å². The largest absolute Gasteiger partial charge is 0.368 e. The van der Waals surface area contributed by atoms with Crippen molar-refractivity contribution in [1.82, 2.24) is 9.80 Å². The molecule has 6 heteroatoms. The van der Waals surface area contributed by atoms with Gasteiger partial charge in [0.05, 0.1) is 6.54 Å². The molecule has 2 saturated heterocycles. The molecule has 4 rings (SSSR count). The number of nitrogens with zero attached hydrogens (tertiary/aromatic N) is 2. The maximum Gasteiger partial charge on any atom is 0.251 e. The van der Waals surface area contributed by atoms with Crippen molar-refractivity contribution in [3.05, 3.63) is 54.6 Å². The molecule has 0 radical (unpaired) electrons. The van der Waals surface area contributed by atoms with Crippen molar-refractivity contribution in [2.75, 3.05) is 44.6 Å². The number of anilines is 1. The summed E-state index contributed by atoms with van der Waals surface area (Å²) in [5, 5.41) is 2.97. The van der Waals surface area contributed by atoms with Crippen molar-refractivity contribution in [3.63, 3.8) is 0 Å². The molecule has 2 heterocycles. The number of hydrogen-bond acceptors (Lipinski definition) is 4. The van der Waals surface area contributed by atoms with Crippen LogP contribution in [-0.2, 0) is 14.3 Å². The molecule has 2 aromatic carbocycles. The first-order valence-corrected chi connectivity index (χ1v) is 10.3. The van der Waals surface area contributed by atoms with Crippen LogP contribution in [0.3, 0.4) is 0 Å². The van der Waals surface area contributed by atoms with Crippen LogP contribution in [-0.4, -0.2) is 67.0 Å². The molecule has 0 aromatic heterocycles. The third-order valence-corrected chi connectivity index (χ3v) is 5.53. The molecular weight excluding hydrogens is 366 g/mol. The van der Waals surface area contributed by atoms with E-state index in [1.165, 1.54) is 0 Å². The number of carbonyl (C=O) groups is 2. The number of nitrogens with one attached hydrogen (secondary N) is 1. The van der Waals surface area contributed by atoms with Crippen molar-refractivity contribution in [1.29, 1.82) is 0 Å². The zero-order chi connectivity index (χ0) is 20.1. The van der Waals surface area contributed by atoms with E-state index in [-0.39, 0.29) is 17.9 Å². The molecule has 0 saturated carbocycles. The minimum absolute atomic E-state index is 0.0311. The molecule has 0 aliphatic carbocycles. The normalized spacial score (nSPS) is 19.9. The smallest absolute Gasteiger partial charge is 0.251 e. The summed E-state index contributed by atoms with van der Waals surface area (Å²) in [4.78, 5) is 28.8. The third kappa shape index (κ3) is 5.02. The third-order valence-electron chi connectivity index (χ3n) is 5.53. The lowest BCUT2D eigenvalue weighted by Gasteiger charge is -2.35. The monoisotopic (exact) mass is 393 g/mol. The predicted molar refractivity (Wildman–Crippen MR) is 113 cm³/mol. The van der Waals surface area contributed by atoms with Gasteiger partial charge in [-0.2, -0.15) is 0 Å². The summed E-state index contributed by atoms with van der Waals surface area (Å²) in [5.41, 5.74) is 3.07. The van der Waals surface area contributed by atoms with E-state index in [4.69, 9.17) is 4.74 Å². The summed E-state index contributed by atoms with van der Waals surface area (Å²) in [5.74, 6) is 0.0708. The highest BCUT2D eigenvalue weighted by Crippen LogP contribution is 2.21. The molecule has 2 fully saturated rings. The summed E-state index contributed by atoms with van der Waals surface area (Å²) in [6.07, 6.45) is 1.52. The lowest BCUT2D eigenvalue weighted by atomic mass is 10.1. The fraction of sp³-hybridized carbons (Fsp3) is 0.391. The quantitative estimate of drug-likeness (QED) is 0.848. The van der Waals surface area contributed by atoms with Crippen LogP contribution in [0.25, 0.3) is 11.1 Å². The van der Waals surface area contributed by atoms with Gasteiger partial charge in [0.2, 0.25) is 5.91 Å². The zero-order valence-corrected chi connectivity index (χ0v) is 16.5. The van der Waals surface area contributed by atoms with Crippen molar-refractivity contribution in [2.45, 2.75) is 18.9 Å². The molecule has 152 valence electrons. The molecule has 0 bridgehead atoms. The van der Waals surface area contributed by atoms with Crippen LogP contribution in [0.15, 0.2) is 54.6 Å². The number of hydrogen-bond donors (Lipinski definition) is 1. The van der Waals surface area contributed by atoms with Crippen molar-refractivity contribution >= 4 is 17.5 Å². The van der Waals surface area contributed by atoms with Gasteiger partial charge < -0.3 is 15.0 Å². The maximum atomic E-state index is 12.4. The highest BCUT2D eigenvalue weighted by molar-refractivity contribution is 5.92. The fourth-order valence-electron chi connectivity index (χ4n) is 3.88. The fourth-order valence-corrected chi connectivity index (χ4v) is 3.88. The highest BCUT2D eigenvalue weighted by Gasteiger charge is 2.30. The molecular formula is C23H27N3O3. The lowest BCUT2D eigenvalue weighted by molar-refractivity contribution is -0.142. The number of rotatable bonds is 5. The molecule has 2 amide bonds. The van der Waals surface area contributed by atoms with Crippen LogP contribution in [0, 0.1) is 0 Å². The zero-order valence-electron chi connectivity index (χ0n) is 16.5. The Morgan fingerprint density at radius 2 is 1.62 bits per heavy atom. The Labute approximate surface area is 171 Å². The molecule has 2 aromatic rings. The summed E-state index contributed by atoms with van der Waals surface area (Å²) in [6.45, 7) is 3.73. The maximum absolute atomic E-state index is 12.4. The second kappa shape index (κ2) is 9.20. The van der Waals surface area contributed by atoms with E-state index < -0.39 is 0 Å². The lowest BCUT2D eigenvalue weighted by Crippen LogP contribution is -2.52. The molecule has 1 N–H and O–H groups in total. The Kier molecular flexibility index (Phi) is 6.22. The number of benzene rings is 2. The summed E-state index contributed by atoms with van der Waals surface area (Å²) in [7, 11) is 0. The Morgan fingerprint density at radius 1 is 0.931 bits per heavy atom. The van der Waals surface area contributed by atoms with E-state index in [9.17, 15) is 9.59 Å². The molecule has 2 aliphatic heterocycles. The molecule has 1 atom stereocenters. The first kappa shape index (κ1) is 19.6. The van der Waals surface area contributed by atoms with Gasteiger partial charge in [0.25, 0.3) is 5.91 Å². The van der Waals surface area contributed by atoms with E-state index in [1.54, 1.807) is 0 Å². The Balaban J connectivity index is 1.23. The van der Waals surface area contributed by atoms with Crippen LogP contribution >= 0.6 is 0 Å². The van der Waals surface area contributed by atoms with Gasteiger partial charge in [-0.05, 0) is 36.1 Å². The summed E-state index contributed by atoms with van der Waals surface area (Å²) >= 11 is 0. The van der Waals surface area contributed by atoms with Gasteiger partial charge in [0, 0.05) is 38.5 Å². The van der Waals surface area contributed by atoms with Crippen molar-refractivity contribution in [2.24, 2.45) is 0 Å². The standard InChI is InChI=1S/C23H27N3O3/c27-22(24-20-10-8-19(9-11-20)18-5-2-1-3-6-18)17-25-12-14-26(15-13-25)23(28)21-7-4-16-29-21/h1-3,5-6,8-11,21H,4,7,12-17H2,(H,24,27)/t21-/m1/s1. The minimum Gasteiger partial charge on any atom is -0.368 e. The summed E-state index contributed by atoms with van der Waals surface area (Å²) < 4.78 is 5.49. The Bertz CT molecular complexity index is 824. The Hall–Kier alpha value is -2.70. The number of piperazine rings is 1. The molecule has 6 nitrogen and oxygen atoms in total. The van der Waals surface area contributed by atoms with Gasteiger partial charge in [-0.3, -0.25) is 14.5 Å². The van der Waals surface area contributed by atoms with Gasteiger partial charge in [0.15, 0.2) is 0 Å². The summed E-state index contributed by atoms with van der Waals surface area (Å²) in [6, 6.07) is 18.0. The average Bonchev–Trinajstić information content (AvgIpc) is 3.30. The van der Waals surface area contributed by atoms with E-state index in [0.29, 0.717) is 39.3 Å². The number of ether oxygens (including phenoxy) is 1. The van der Waals surface area contributed by atoms with Crippen LogP contribution < -0.4 is 5.32 Å². The topological polar surface area (TPSA) is 61.9 Å². The van der Waals surface area contributed by atoms with Crippen LogP contribution in [0.1, 0.15) is 12.8 Å². The molecule has 29 heavy (non-hydrogen) atoms. The first-order valence-electron chi connectivity index (χ1n) is 10.3. The molecule has 2 aliphatic rings. The second-order valence-electron chi connectivity index (χ2n) is 7.59.